The minimum absolute atomic E-state index is 0.122. The van der Waals surface area contributed by atoms with Crippen molar-refractivity contribution in [3.8, 4) is 0 Å². The molecule has 1 atom stereocenters. The second-order valence-electron chi connectivity index (χ2n) is 5.11. The Morgan fingerprint density at radius 1 is 1.50 bits per heavy atom. The molecule has 0 aliphatic rings. The zero-order valence-electron chi connectivity index (χ0n) is 12.2. The first-order valence-electron chi connectivity index (χ1n) is 7.12. The number of hydrogen-bond acceptors (Lipinski definition) is 3. The summed E-state index contributed by atoms with van der Waals surface area (Å²) >= 11 is 5.93. The average Bonchev–Trinajstić information content (AvgIpc) is 2.42. The van der Waals surface area contributed by atoms with Gasteiger partial charge in [0.2, 0.25) is 0 Å². The van der Waals surface area contributed by atoms with Gasteiger partial charge in [-0.25, -0.2) is 4.98 Å². The highest BCUT2D eigenvalue weighted by Gasteiger charge is 2.09. The number of hydrogen-bond donors (Lipinski definition) is 2. The van der Waals surface area contributed by atoms with Gasteiger partial charge in [-0.05, 0) is 37.3 Å². The molecule has 0 aliphatic carbocycles. The van der Waals surface area contributed by atoms with Crippen LogP contribution in [-0.4, -0.2) is 29.1 Å². The maximum atomic E-state index is 12.0. The highest BCUT2D eigenvalue weighted by Crippen LogP contribution is 2.12. The van der Waals surface area contributed by atoms with Gasteiger partial charge in [0, 0.05) is 24.4 Å². The number of aryl methyl sites for hydroxylation is 1. The van der Waals surface area contributed by atoms with E-state index in [9.17, 15) is 4.79 Å². The summed E-state index contributed by atoms with van der Waals surface area (Å²) < 4.78 is 0. The molecule has 0 saturated heterocycles. The molecule has 112 valence electrons. The minimum atomic E-state index is -0.122. The third-order valence-corrected chi connectivity index (χ3v) is 3.28. The molecule has 5 heteroatoms. The summed E-state index contributed by atoms with van der Waals surface area (Å²) in [7, 11) is 0. The SMILES string of the molecule is CCCc1cc(C(=O)NCCCC(C)CO)cc(Cl)n1. The summed E-state index contributed by atoms with van der Waals surface area (Å²) in [6, 6.07) is 3.38. The van der Waals surface area contributed by atoms with Crippen LogP contribution in [0, 0.1) is 5.92 Å². The number of rotatable bonds is 8. The molecule has 0 aliphatic heterocycles. The van der Waals surface area contributed by atoms with Crippen LogP contribution in [-0.2, 0) is 6.42 Å². The fourth-order valence-electron chi connectivity index (χ4n) is 1.91. The Morgan fingerprint density at radius 2 is 2.25 bits per heavy atom. The van der Waals surface area contributed by atoms with E-state index >= 15 is 0 Å². The number of nitrogens with zero attached hydrogens (tertiary/aromatic N) is 1. The topological polar surface area (TPSA) is 62.2 Å². The van der Waals surface area contributed by atoms with Crippen molar-refractivity contribution in [3.05, 3.63) is 28.5 Å². The molecule has 0 spiro atoms. The zero-order chi connectivity index (χ0) is 15.0. The van der Waals surface area contributed by atoms with E-state index in [1.807, 2.05) is 6.92 Å². The number of aromatic nitrogens is 1. The molecule has 0 bridgehead atoms. The van der Waals surface area contributed by atoms with Crippen LogP contribution in [0.15, 0.2) is 12.1 Å². The third kappa shape index (κ3) is 5.88. The Labute approximate surface area is 125 Å². The molecular formula is C15H23ClN2O2. The number of carbonyl (C=O) groups is 1. The summed E-state index contributed by atoms with van der Waals surface area (Å²) in [6.45, 7) is 4.84. The van der Waals surface area contributed by atoms with E-state index in [2.05, 4.69) is 17.2 Å². The summed E-state index contributed by atoms with van der Waals surface area (Å²) in [5.41, 5.74) is 1.41. The molecule has 1 unspecified atom stereocenters. The van der Waals surface area contributed by atoms with E-state index in [1.54, 1.807) is 12.1 Å². The van der Waals surface area contributed by atoms with Crippen molar-refractivity contribution in [2.24, 2.45) is 5.92 Å². The molecule has 4 nitrogen and oxygen atoms in total. The smallest absolute Gasteiger partial charge is 0.251 e. The minimum Gasteiger partial charge on any atom is -0.396 e. The lowest BCUT2D eigenvalue weighted by Crippen LogP contribution is -2.25. The van der Waals surface area contributed by atoms with Crippen molar-refractivity contribution < 1.29 is 9.90 Å². The van der Waals surface area contributed by atoms with Crippen LogP contribution in [0.5, 0.6) is 0 Å². The van der Waals surface area contributed by atoms with Crippen LogP contribution in [0.25, 0.3) is 0 Å². The lowest BCUT2D eigenvalue weighted by Gasteiger charge is -2.09. The number of nitrogens with one attached hydrogen (secondary N) is 1. The van der Waals surface area contributed by atoms with E-state index in [4.69, 9.17) is 16.7 Å². The van der Waals surface area contributed by atoms with E-state index in [-0.39, 0.29) is 18.4 Å². The van der Waals surface area contributed by atoms with Crippen molar-refractivity contribution in [2.45, 2.75) is 39.5 Å². The number of halogens is 1. The number of carbonyl (C=O) groups excluding carboxylic acids is 1. The Hall–Kier alpha value is -1.13. The van der Waals surface area contributed by atoms with Gasteiger partial charge in [0.05, 0.1) is 0 Å². The Kier molecular flexibility index (Phi) is 7.55. The van der Waals surface area contributed by atoms with Gasteiger partial charge in [-0.2, -0.15) is 0 Å². The maximum absolute atomic E-state index is 12.0. The third-order valence-electron chi connectivity index (χ3n) is 3.09. The molecule has 2 N–H and O–H groups in total. The first-order valence-corrected chi connectivity index (χ1v) is 7.50. The second kappa shape index (κ2) is 8.93. The average molecular weight is 299 g/mol. The Morgan fingerprint density at radius 3 is 2.90 bits per heavy atom. The number of aliphatic hydroxyl groups is 1. The monoisotopic (exact) mass is 298 g/mol. The van der Waals surface area contributed by atoms with Crippen molar-refractivity contribution in [1.82, 2.24) is 10.3 Å². The standard InChI is InChI=1S/C15H23ClN2O2/c1-3-5-13-8-12(9-14(16)18-13)15(20)17-7-4-6-11(2)10-19/h8-9,11,19H,3-7,10H2,1-2H3,(H,17,20). The predicted octanol–water partition coefficient (Wildman–Crippen LogP) is 2.83. The molecular weight excluding hydrogens is 276 g/mol. The highest BCUT2D eigenvalue weighted by atomic mass is 35.5. The molecule has 0 saturated carbocycles. The van der Waals surface area contributed by atoms with Crippen LogP contribution >= 0.6 is 11.6 Å². The fourth-order valence-corrected chi connectivity index (χ4v) is 2.14. The van der Waals surface area contributed by atoms with Gasteiger partial charge in [0.25, 0.3) is 5.91 Å². The molecule has 0 radical (unpaired) electrons. The molecule has 0 aromatic carbocycles. The molecule has 1 aromatic rings. The summed E-state index contributed by atoms with van der Waals surface area (Å²) in [5, 5.41) is 12.1. The van der Waals surface area contributed by atoms with Gasteiger partial charge in [0.1, 0.15) is 5.15 Å². The van der Waals surface area contributed by atoms with Gasteiger partial charge >= 0.3 is 0 Å². The summed E-state index contributed by atoms with van der Waals surface area (Å²) in [6.07, 6.45) is 3.53. The van der Waals surface area contributed by atoms with Gasteiger partial charge in [0.15, 0.2) is 0 Å². The van der Waals surface area contributed by atoms with Gasteiger partial charge in [-0.15, -0.1) is 0 Å². The largest absolute Gasteiger partial charge is 0.396 e. The van der Waals surface area contributed by atoms with Gasteiger partial charge in [-0.1, -0.05) is 31.9 Å². The zero-order valence-corrected chi connectivity index (χ0v) is 12.9. The Bertz CT molecular complexity index is 438. The summed E-state index contributed by atoms with van der Waals surface area (Å²) in [5.74, 6) is 0.154. The molecule has 1 rings (SSSR count). The quantitative estimate of drug-likeness (QED) is 0.573. The molecule has 1 amide bonds. The molecule has 1 heterocycles. The Balaban J connectivity index is 2.50. The lowest BCUT2D eigenvalue weighted by atomic mass is 10.1. The highest BCUT2D eigenvalue weighted by molar-refractivity contribution is 6.29. The van der Waals surface area contributed by atoms with E-state index in [0.29, 0.717) is 17.3 Å². The number of pyridine rings is 1. The second-order valence-corrected chi connectivity index (χ2v) is 5.49. The van der Waals surface area contributed by atoms with Crippen molar-refractivity contribution in [1.29, 1.82) is 0 Å². The molecule has 20 heavy (non-hydrogen) atoms. The summed E-state index contributed by atoms with van der Waals surface area (Å²) in [4.78, 5) is 16.2. The molecule has 1 aromatic heterocycles. The first kappa shape index (κ1) is 16.9. The van der Waals surface area contributed by atoms with Crippen LogP contribution in [0.3, 0.4) is 0 Å². The maximum Gasteiger partial charge on any atom is 0.251 e. The van der Waals surface area contributed by atoms with E-state index in [0.717, 1.165) is 31.4 Å². The van der Waals surface area contributed by atoms with Crippen LogP contribution in [0.4, 0.5) is 0 Å². The normalized spacial score (nSPS) is 12.2. The predicted molar refractivity (Wildman–Crippen MR) is 81.1 cm³/mol. The van der Waals surface area contributed by atoms with Crippen molar-refractivity contribution in [2.75, 3.05) is 13.2 Å². The molecule has 0 fully saturated rings. The van der Waals surface area contributed by atoms with Crippen molar-refractivity contribution in [3.63, 3.8) is 0 Å². The van der Waals surface area contributed by atoms with Gasteiger partial charge in [-0.3, -0.25) is 4.79 Å². The van der Waals surface area contributed by atoms with E-state index in [1.165, 1.54) is 0 Å². The fraction of sp³-hybridized carbons (Fsp3) is 0.600. The first-order chi connectivity index (χ1) is 9.56. The lowest BCUT2D eigenvalue weighted by molar-refractivity contribution is 0.0952. The number of aliphatic hydroxyl groups excluding tert-OH is 1. The van der Waals surface area contributed by atoms with Crippen LogP contribution in [0.1, 0.15) is 49.2 Å². The van der Waals surface area contributed by atoms with Crippen LogP contribution < -0.4 is 5.32 Å². The number of amides is 1. The van der Waals surface area contributed by atoms with E-state index < -0.39 is 0 Å². The van der Waals surface area contributed by atoms with Crippen molar-refractivity contribution >= 4 is 17.5 Å². The van der Waals surface area contributed by atoms with Gasteiger partial charge < -0.3 is 10.4 Å². The van der Waals surface area contributed by atoms with Crippen LogP contribution in [0.2, 0.25) is 5.15 Å².